The van der Waals surface area contributed by atoms with Crippen molar-refractivity contribution in [3.05, 3.63) is 52.5 Å². The van der Waals surface area contributed by atoms with Gasteiger partial charge in [-0.25, -0.2) is 0 Å². The van der Waals surface area contributed by atoms with Crippen LogP contribution in [0.2, 0.25) is 10.0 Å². The zero-order chi connectivity index (χ0) is 16.1. The van der Waals surface area contributed by atoms with Crippen LogP contribution < -0.4 is 14.8 Å². The lowest BCUT2D eigenvalue weighted by Crippen LogP contribution is -2.30. The molecule has 2 rings (SSSR count). The molecule has 0 fully saturated rings. The Morgan fingerprint density at radius 2 is 1.95 bits per heavy atom. The SMILES string of the molecule is COc1cccc(NC(=O)C(C)Oc2ccc(Cl)cc2Cl)c1. The van der Waals surface area contributed by atoms with Crippen LogP contribution in [0.15, 0.2) is 42.5 Å². The third-order valence-corrected chi connectivity index (χ3v) is 3.43. The van der Waals surface area contributed by atoms with Gasteiger partial charge in [-0.2, -0.15) is 0 Å². The number of nitrogens with one attached hydrogen (secondary N) is 1. The van der Waals surface area contributed by atoms with Gasteiger partial charge in [0, 0.05) is 16.8 Å². The molecule has 0 aromatic heterocycles. The standard InChI is InChI=1S/C16H15Cl2NO3/c1-10(22-15-7-6-11(17)8-14(15)18)16(20)19-12-4-3-5-13(9-12)21-2/h3-10H,1-2H3,(H,19,20). The van der Waals surface area contributed by atoms with Crippen LogP contribution in [0, 0.1) is 0 Å². The van der Waals surface area contributed by atoms with Gasteiger partial charge in [0.2, 0.25) is 0 Å². The summed E-state index contributed by atoms with van der Waals surface area (Å²) in [5, 5.41) is 3.61. The van der Waals surface area contributed by atoms with Crippen LogP contribution in [0.3, 0.4) is 0 Å². The van der Waals surface area contributed by atoms with E-state index in [0.717, 1.165) is 0 Å². The van der Waals surface area contributed by atoms with Crippen LogP contribution in [0.4, 0.5) is 5.69 Å². The van der Waals surface area contributed by atoms with Crippen LogP contribution in [0.25, 0.3) is 0 Å². The van der Waals surface area contributed by atoms with Crippen molar-refractivity contribution < 1.29 is 14.3 Å². The summed E-state index contributed by atoms with van der Waals surface area (Å²) in [5.41, 5.74) is 0.627. The Labute approximate surface area is 138 Å². The smallest absolute Gasteiger partial charge is 0.265 e. The lowest BCUT2D eigenvalue weighted by atomic mass is 10.2. The second-order valence-electron chi connectivity index (χ2n) is 4.56. The molecular formula is C16H15Cl2NO3. The van der Waals surface area contributed by atoms with Crippen LogP contribution in [-0.2, 0) is 4.79 Å². The van der Waals surface area contributed by atoms with E-state index in [1.54, 1.807) is 56.5 Å². The topological polar surface area (TPSA) is 47.6 Å². The molecule has 22 heavy (non-hydrogen) atoms. The number of hydrogen-bond acceptors (Lipinski definition) is 3. The quantitative estimate of drug-likeness (QED) is 0.877. The third kappa shape index (κ3) is 4.29. The molecular weight excluding hydrogens is 325 g/mol. The highest BCUT2D eigenvalue weighted by molar-refractivity contribution is 6.35. The lowest BCUT2D eigenvalue weighted by molar-refractivity contribution is -0.122. The largest absolute Gasteiger partial charge is 0.497 e. The summed E-state index contributed by atoms with van der Waals surface area (Å²) in [6.07, 6.45) is -0.718. The van der Waals surface area contributed by atoms with Gasteiger partial charge in [-0.3, -0.25) is 4.79 Å². The molecule has 0 spiro atoms. The first-order valence-electron chi connectivity index (χ1n) is 6.56. The number of halogens is 2. The molecule has 1 N–H and O–H groups in total. The number of ether oxygens (including phenoxy) is 2. The molecule has 2 aromatic carbocycles. The molecule has 1 amide bonds. The van der Waals surface area contributed by atoms with Gasteiger partial charge in [0.05, 0.1) is 12.1 Å². The second-order valence-corrected chi connectivity index (χ2v) is 5.40. The summed E-state index contributed by atoms with van der Waals surface area (Å²) in [4.78, 5) is 12.1. The maximum Gasteiger partial charge on any atom is 0.265 e. The Morgan fingerprint density at radius 1 is 1.18 bits per heavy atom. The molecule has 0 radical (unpaired) electrons. The van der Waals surface area contributed by atoms with Crippen molar-refractivity contribution in [2.24, 2.45) is 0 Å². The van der Waals surface area contributed by atoms with E-state index in [9.17, 15) is 4.79 Å². The van der Waals surface area contributed by atoms with Crippen molar-refractivity contribution in [1.29, 1.82) is 0 Å². The van der Waals surface area contributed by atoms with Crippen LogP contribution in [-0.4, -0.2) is 19.1 Å². The van der Waals surface area contributed by atoms with Gasteiger partial charge in [-0.15, -0.1) is 0 Å². The highest BCUT2D eigenvalue weighted by Gasteiger charge is 2.16. The highest BCUT2D eigenvalue weighted by atomic mass is 35.5. The molecule has 6 heteroatoms. The summed E-state index contributed by atoms with van der Waals surface area (Å²) in [6, 6.07) is 11.9. The van der Waals surface area contributed by atoms with Gasteiger partial charge < -0.3 is 14.8 Å². The highest BCUT2D eigenvalue weighted by Crippen LogP contribution is 2.28. The van der Waals surface area contributed by atoms with Gasteiger partial charge in [0.25, 0.3) is 5.91 Å². The number of amides is 1. The van der Waals surface area contributed by atoms with E-state index < -0.39 is 6.10 Å². The Morgan fingerprint density at radius 3 is 2.64 bits per heavy atom. The lowest BCUT2D eigenvalue weighted by Gasteiger charge is -2.16. The number of hydrogen-bond donors (Lipinski definition) is 1. The second kappa shape index (κ2) is 7.38. The molecule has 0 aliphatic heterocycles. The fraction of sp³-hybridized carbons (Fsp3) is 0.188. The van der Waals surface area contributed by atoms with E-state index in [-0.39, 0.29) is 5.91 Å². The van der Waals surface area contributed by atoms with Crippen molar-refractivity contribution in [1.82, 2.24) is 0 Å². The molecule has 0 saturated carbocycles. The van der Waals surface area contributed by atoms with E-state index in [1.165, 1.54) is 0 Å². The first-order valence-corrected chi connectivity index (χ1v) is 7.32. The van der Waals surface area contributed by atoms with Crippen LogP contribution in [0.1, 0.15) is 6.92 Å². The Kier molecular flexibility index (Phi) is 5.52. The number of anilines is 1. The summed E-state index contributed by atoms with van der Waals surface area (Å²) >= 11 is 11.8. The average Bonchev–Trinajstić information content (AvgIpc) is 2.50. The van der Waals surface area contributed by atoms with Gasteiger partial charge in [-0.05, 0) is 37.3 Å². The molecule has 2 aromatic rings. The maximum absolute atomic E-state index is 12.1. The monoisotopic (exact) mass is 339 g/mol. The van der Waals surface area contributed by atoms with Gasteiger partial charge in [0.15, 0.2) is 6.10 Å². The van der Waals surface area contributed by atoms with E-state index in [2.05, 4.69) is 5.32 Å². The molecule has 1 atom stereocenters. The minimum absolute atomic E-state index is 0.292. The van der Waals surface area contributed by atoms with Crippen molar-refractivity contribution >= 4 is 34.8 Å². The van der Waals surface area contributed by atoms with Crippen LogP contribution in [0.5, 0.6) is 11.5 Å². The predicted octanol–water partition coefficient (Wildman–Crippen LogP) is 4.41. The van der Waals surface area contributed by atoms with E-state index in [1.807, 2.05) is 0 Å². The number of carbonyl (C=O) groups excluding carboxylic acids is 1. The zero-order valence-corrected chi connectivity index (χ0v) is 13.6. The molecule has 0 saturated heterocycles. The maximum atomic E-state index is 12.1. The minimum Gasteiger partial charge on any atom is -0.497 e. The van der Waals surface area contributed by atoms with Crippen molar-refractivity contribution in [3.63, 3.8) is 0 Å². The van der Waals surface area contributed by atoms with Crippen LogP contribution >= 0.6 is 23.2 Å². The molecule has 116 valence electrons. The zero-order valence-electron chi connectivity index (χ0n) is 12.1. The van der Waals surface area contributed by atoms with E-state index in [0.29, 0.717) is 27.2 Å². The summed E-state index contributed by atoms with van der Waals surface area (Å²) in [5.74, 6) is 0.769. The molecule has 4 nitrogen and oxygen atoms in total. The number of methoxy groups -OCH3 is 1. The fourth-order valence-electron chi connectivity index (χ4n) is 1.76. The molecule has 0 aliphatic rings. The van der Waals surface area contributed by atoms with Gasteiger partial charge in [-0.1, -0.05) is 29.3 Å². The Hall–Kier alpha value is -1.91. The molecule has 0 heterocycles. The summed E-state index contributed by atoms with van der Waals surface area (Å²) in [7, 11) is 1.56. The fourth-order valence-corrected chi connectivity index (χ4v) is 2.21. The van der Waals surface area contributed by atoms with Gasteiger partial charge >= 0.3 is 0 Å². The first-order chi connectivity index (χ1) is 10.5. The van der Waals surface area contributed by atoms with E-state index in [4.69, 9.17) is 32.7 Å². The normalized spacial score (nSPS) is 11.6. The number of benzene rings is 2. The molecule has 0 aliphatic carbocycles. The summed E-state index contributed by atoms with van der Waals surface area (Å²) in [6.45, 7) is 1.64. The number of carbonyl (C=O) groups is 1. The third-order valence-electron chi connectivity index (χ3n) is 2.90. The van der Waals surface area contributed by atoms with Crippen molar-refractivity contribution in [3.8, 4) is 11.5 Å². The predicted molar refractivity (Wildman–Crippen MR) is 88.2 cm³/mol. The molecule has 1 unspecified atom stereocenters. The average molecular weight is 340 g/mol. The summed E-state index contributed by atoms with van der Waals surface area (Å²) < 4.78 is 10.7. The van der Waals surface area contributed by atoms with Gasteiger partial charge in [0.1, 0.15) is 11.5 Å². The Balaban J connectivity index is 2.02. The van der Waals surface area contributed by atoms with Crippen molar-refractivity contribution in [2.45, 2.75) is 13.0 Å². The van der Waals surface area contributed by atoms with E-state index >= 15 is 0 Å². The first kappa shape index (κ1) is 16.5. The molecule has 0 bridgehead atoms. The van der Waals surface area contributed by atoms with Crippen molar-refractivity contribution in [2.75, 3.05) is 12.4 Å². The Bertz CT molecular complexity index is 676. The minimum atomic E-state index is -0.718. The number of rotatable bonds is 5.